The van der Waals surface area contributed by atoms with Crippen LogP contribution in [-0.4, -0.2) is 33.6 Å². The maximum atomic E-state index is 12.1. The van der Waals surface area contributed by atoms with E-state index in [9.17, 15) is 4.79 Å². The van der Waals surface area contributed by atoms with E-state index in [-0.39, 0.29) is 23.1 Å². The SMILES string of the molecule is CCCCCCCCCCCCCCCCCCOC(=O)[C@@H](C)Nc1nc(N)nc(Cl)n1. The quantitative estimate of drug-likeness (QED) is 0.161. The van der Waals surface area contributed by atoms with Gasteiger partial charge in [-0.25, -0.2) is 4.79 Å². The van der Waals surface area contributed by atoms with E-state index < -0.39 is 6.04 Å². The average Bonchev–Trinajstić information content (AvgIpc) is 2.75. The van der Waals surface area contributed by atoms with Crippen molar-refractivity contribution < 1.29 is 9.53 Å². The molecule has 0 saturated carbocycles. The number of carbonyl (C=O) groups excluding carboxylic acids is 1. The molecule has 1 heterocycles. The number of hydrogen-bond acceptors (Lipinski definition) is 7. The highest BCUT2D eigenvalue weighted by Gasteiger charge is 2.16. The maximum absolute atomic E-state index is 12.1. The smallest absolute Gasteiger partial charge is 0.328 e. The Balaban J connectivity index is 1.88. The third kappa shape index (κ3) is 15.2. The Labute approximate surface area is 199 Å². The van der Waals surface area contributed by atoms with Crippen molar-refractivity contribution in [2.45, 2.75) is 123 Å². The van der Waals surface area contributed by atoms with Gasteiger partial charge in [-0.2, -0.15) is 15.0 Å². The molecule has 0 spiro atoms. The number of aromatic nitrogens is 3. The molecule has 8 heteroatoms. The molecule has 3 N–H and O–H groups in total. The molecule has 184 valence electrons. The lowest BCUT2D eigenvalue weighted by Gasteiger charge is -2.13. The third-order valence-electron chi connectivity index (χ3n) is 5.57. The van der Waals surface area contributed by atoms with Crippen molar-refractivity contribution in [1.29, 1.82) is 0 Å². The summed E-state index contributed by atoms with van der Waals surface area (Å²) in [7, 11) is 0. The number of rotatable bonds is 20. The molecule has 0 bridgehead atoms. The highest BCUT2D eigenvalue weighted by atomic mass is 35.5. The van der Waals surface area contributed by atoms with E-state index in [4.69, 9.17) is 22.1 Å². The van der Waals surface area contributed by atoms with Crippen LogP contribution in [0.2, 0.25) is 5.28 Å². The molecule has 1 aromatic rings. The Hall–Kier alpha value is -1.63. The average molecular weight is 470 g/mol. The van der Waals surface area contributed by atoms with Crippen LogP contribution in [0, 0.1) is 0 Å². The van der Waals surface area contributed by atoms with E-state index >= 15 is 0 Å². The summed E-state index contributed by atoms with van der Waals surface area (Å²) < 4.78 is 5.32. The van der Waals surface area contributed by atoms with E-state index in [1.807, 2.05) is 0 Å². The number of nitrogens with zero attached hydrogens (tertiary/aromatic N) is 3. The van der Waals surface area contributed by atoms with Gasteiger partial charge in [0.15, 0.2) is 0 Å². The van der Waals surface area contributed by atoms with Crippen molar-refractivity contribution >= 4 is 29.5 Å². The zero-order valence-electron chi connectivity index (χ0n) is 20.2. The lowest BCUT2D eigenvalue weighted by molar-refractivity contribution is -0.144. The lowest BCUT2D eigenvalue weighted by Crippen LogP contribution is -2.29. The largest absolute Gasteiger partial charge is 0.464 e. The third-order valence-corrected chi connectivity index (χ3v) is 5.74. The summed E-state index contributed by atoms with van der Waals surface area (Å²) in [4.78, 5) is 23.5. The number of ether oxygens (including phenoxy) is 1. The van der Waals surface area contributed by atoms with Crippen LogP contribution in [0.1, 0.15) is 117 Å². The van der Waals surface area contributed by atoms with Crippen molar-refractivity contribution in [1.82, 2.24) is 15.0 Å². The van der Waals surface area contributed by atoms with Crippen LogP contribution in [0.3, 0.4) is 0 Å². The van der Waals surface area contributed by atoms with Crippen molar-refractivity contribution in [3.05, 3.63) is 5.28 Å². The standard InChI is InChI=1S/C24H44ClN5O2/c1-3-4-5-6-7-8-9-10-11-12-13-14-15-16-17-18-19-32-21(31)20(2)27-24-29-22(25)28-23(26)30-24/h20H,3-19H2,1-2H3,(H3,26,27,28,29,30)/t20-/m1/s1. The summed E-state index contributed by atoms with van der Waals surface area (Å²) in [6.45, 7) is 4.39. The van der Waals surface area contributed by atoms with Crippen LogP contribution in [0.15, 0.2) is 0 Å². The molecular weight excluding hydrogens is 426 g/mol. The maximum Gasteiger partial charge on any atom is 0.328 e. The molecule has 0 aliphatic rings. The van der Waals surface area contributed by atoms with E-state index in [1.54, 1.807) is 6.92 Å². The van der Waals surface area contributed by atoms with Crippen molar-refractivity contribution in [2.75, 3.05) is 17.7 Å². The van der Waals surface area contributed by atoms with E-state index in [2.05, 4.69) is 27.2 Å². The summed E-state index contributed by atoms with van der Waals surface area (Å²) in [5.74, 6) is -0.184. The topological polar surface area (TPSA) is 103 Å². The number of nitrogens with two attached hydrogens (primary N) is 1. The van der Waals surface area contributed by atoms with Crippen molar-refractivity contribution in [2.24, 2.45) is 0 Å². The number of carbonyl (C=O) groups is 1. The van der Waals surface area contributed by atoms with Gasteiger partial charge in [0.25, 0.3) is 0 Å². The second-order valence-corrected chi connectivity index (χ2v) is 8.96. The van der Waals surface area contributed by atoms with Gasteiger partial charge in [0.1, 0.15) is 6.04 Å². The van der Waals surface area contributed by atoms with Gasteiger partial charge in [0.2, 0.25) is 17.2 Å². The van der Waals surface area contributed by atoms with Crippen LogP contribution in [0.25, 0.3) is 0 Å². The minimum atomic E-state index is -0.589. The lowest BCUT2D eigenvalue weighted by atomic mass is 10.0. The molecule has 0 amide bonds. The molecule has 0 fully saturated rings. The fraction of sp³-hybridized carbons (Fsp3) is 0.833. The van der Waals surface area contributed by atoms with Crippen molar-refractivity contribution in [3.63, 3.8) is 0 Å². The van der Waals surface area contributed by atoms with Gasteiger partial charge >= 0.3 is 5.97 Å². The summed E-state index contributed by atoms with van der Waals surface area (Å²) in [5, 5.41) is 2.81. The number of nitrogen functional groups attached to an aromatic ring is 1. The summed E-state index contributed by atoms with van der Waals surface area (Å²) in [6.07, 6.45) is 21.1. The number of unbranched alkanes of at least 4 members (excludes halogenated alkanes) is 15. The Morgan fingerprint density at radius 2 is 1.31 bits per heavy atom. The number of esters is 1. The summed E-state index contributed by atoms with van der Waals surface area (Å²) in [5.41, 5.74) is 5.51. The number of hydrogen-bond donors (Lipinski definition) is 2. The molecule has 0 unspecified atom stereocenters. The van der Waals surface area contributed by atoms with Crippen LogP contribution in [0.4, 0.5) is 11.9 Å². The van der Waals surface area contributed by atoms with Gasteiger partial charge in [-0.05, 0) is 24.9 Å². The second-order valence-electron chi connectivity index (χ2n) is 8.62. The van der Waals surface area contributed by atoms with Crippen LogP contribution < -0.4 is 11.1 Å². The van der Waals surface area contributed by atoms with E-state index in [0.29, 0.717) is 6.61 Å². The molecule has 0 radical (unpaired) electrons. The Kier molecular flexibility index (Phi) is 16.8. The molecule has 0 saturated heterocycles. The first-order chi connectivity index (χ1) is 15.5. The van der Waals surface area contributed by atoms with Gasteiger partial charge in [0.05, 0.1) is 6.61 Å². The molecule has 0 aliphatic carbocycles. The fourth-order valence-corrected chi connectivity index (χ4v) is 3.80. The fourth-order valence-electron chi connectivity index (χ4n) is 3.63. The van der Waals surface area contributed by atoms with Gasteiger partial charge in [0, 0.05) is 0 Å². The number of anilines is 2. The molecular formula is C24H44ClN5O2. The zero-order valence-corrected chi connectivity index (χ0v) is 21.0. The van der Waals surface area contributed by atoms with Gasteiger partial charge < -0.3 is 15.8 Å². The first-order valence-electron chi connectivity index (χ1n) is 12.6. The minimum Gasteiger partial charge on any atom is -0.464 e. The Bertz CT molecular complexity index is 598. The van der Waals surface area contributed by atoms with Gasteiger partial charge in [-0.15, -0.1) is 0 Å². The van der Waals surface area contributed by atoms with Crippen LogP contribution in [0.5, 0.6) is 0 Å². The molecule has 0 aliphatic heterocycles. The van der Waals surface area contributed by atoms with Crippen LogP contribution >= 0.6 is 11.6 Å². The first kappa shape index (κ1) is 28.4. The van der Waals surface area contributed by atoms with Gasteiger partial charge in [-0.1, -0.05) is 103 Å². The Morgan fingerprint density at radius 1 is 0.844 bits per heavy atom. The highest BCUT2D eigenvalue weighted by molar-refractivity contribution is 6.28. The predicted molar refractivity (Wildman–Crippen MR) is 133 cm³/mol. The van der Waals surface area contributed by atoms with Gasteiger partial charge in [-0.3, -0.25) is 0 Å². The number of nitrogens with one attached hydrogen (secondary N) is 1. The predicted octanol–water partition coefficient (Wildman–Crippen LogP) is 6.71. The molecule has 1 rings (SSSR count). The normalized spacial score (nSPS) is 12.0. The van der Waals surface area contributed by atoms with Crippen LogP contribution in [-0.2, 0) is 9.53 Å². The minimum absolute atomic E-state index is 0.00114. The molecule has 0 aromatic carbocycles. The molecule has 7 nitrogen and oxygen atoms in total. The highest BCUT2D eigenvalue weighted by Crippen LogP contribution is 2.14. The first-order valence-corrected chi connectivity index (χ1v) is 13.0. The molecule has 32 heavy (non-hydrogen) atoms. The summed E-state index contributed by atoms with van der Waals surface area (Å²) >= 11 is 5.73. The Morgan fingerprint density at radius 3 is 1.78 bits per heavy atom. The monoisotopic (exact) mass is 469 g/mol. The molecule has 1 atom stereocenters. The van der Waals surface area contributed by atoms with Crippen molar-refractivity contribution in [3.8, 4) is 0 Å². The second kappa shape index (κ2) is 18.9. The zero-order chi connectivity index (χ0) is 23.4. The van der Waals surface area contributed by atoms with E-state index in [0.717, 1.165) is 12.8 Å². The number of halogens is 1. The summed E-state index contributed by atoms with van der Waals surface area (Å²) in [6, 6.07) is -0.589. The van der Waals surface area contributed by atoms with E-state index in [1.165, 1.54) is 89.9 Å². The molecule has 1 aromatic heterocycles.